The Hall–Kier alpha value is -3.88. The Bertz CT molecular complexity index is 1960. The van der Waals surface area contributed by atoms with Crippen LogP contribution in [-0.4, -0.2) is 92.4 Å². The highest BCUT2D eigenvalue weighted by Gasteiger charge is 2.60. The molecule has 2 saturated carbocycles. The fourth-order valence-corrected chi connectivity index (χ4v) is 8.80. The molecule has 12 heteroatoms. The molecule has 10 nitrogen and oxygen atoms in total. The molecule has 3 aromatic heterocycles. The average molecular weight is 671 g/mol. The van der Waals surface area contributed by atoms with E-state index >= 15 is 0 Å². The number of hydrogen-bond donors (Lipinski definition) is 1. The number of nitriles is 1. The number of carbonyl (C=O) groups excluding carboxylic acids is 1. The average Bonchev–Trinajstić information content (AvgIpc) is 3.91. The fourth-order valence-electron chi connectivity index (χ4n) is 8.21. The lowest BCUT2D eigenvalue weighted by Crippen LogP contribution is -2.71. The summed E-state index contributed by atoms with van der Waals surface area (Å²) in [5, 5.41) is 25.7. The quantitative estimate of drug-likeness (QED) is 0.291. The lowest BCUT2D eigenvalue weighted by Gasteiger charge is -2.57. The van der Waals surface area contributed by atoms with Gasteiger partial charge in [0.2, 0.25) is 5.91 Å². The van der Waals surface area contributed by atoms with Crippen LogP contribution in [0.1, 0.15) is 36.8 Å². The van der Waals surface area contributed by atoms with E-state index < -0.39 is 11.0 Å². The summed E-state index contributed by atoms with van der Waals surface area (Å²) in [6.45, 7) is 4.30. The minimum absolute atomic E-state index is 0.138. The first-order valence-electron chi connectivity index (χ1n) is 16.2. The molecule has 4 aliphatic heterocycles. The molecule has 4 saturated heterocycles. The van der Waals surface area contributed by atoms with Gasteiger partial charge in [0.25, 0.3) is 0 Å². The van der Waals surface area contributed by atoms with Gasteiger partial charge >= 0.3 is 0 Å². The number of β-amino-alcohol motifs (C(OH)–C–C–N with tert-alkyl or cyclic N) is 1. The number of halogens is 2. The van der Waals surface area contributed by atoms with Gasteiger partial charge in [0.05, 0.1) is 46.6 Å². The van der Waals surface area contributed by atoms with Crippen molar-refractivity contribution in [3.63, 3.8) is 0 Å². The second kappa shape index (κ2) is 10.6. The Kier molecular flexibility index (Phi) is 6.58. The molecule has 240 valence electrons. The monoisotopic (exact) mass is 669 g/mol. The minimum Gasteiger partial charge on any atom is -0.491 e. The molecule has 0 spiro atoms. The summed E-state index contributed by atoms with van der Waals surface area (Å²) >= 11 is 12.7. The van der Waals surface area contributed by atoms with E-state index in [0.29, 0.717) is 45.9 Å². The molecule has 1 N–H and O–H groups in total. The third-order valence-corrected chi connectivity index (χ3v) is 11.5. The number of pyridine rings is 2. The van der Waals surface area contributed by atoms with Gasteiger partial charge < -0.3 is 19.6 Å². The van der Waals surface area contributed by atoms with Crippen molar-refractivity contribution in [2.75, 3.05) is 44.2 Å². The number of fused-ring (bicyclic) bond motifs is 4. The van der Waals surface area contributed by atoms with Gasteiger partial charge in [0, 0.05) is 66.0 Å². The van der Waals surface area contributed by atoms with Crippen LogP contribution >= 0.6 is 23.2 Å². The third-order valence-electron chi connectivity index (χ3n) is 11.0. The van der Waals surface area contributed by atoms with Crippen LogP contribution in [0.15, 0.2) is 55.0 Å². The number of piperazine rings is 1. The number of rotatable bonds is 8. The summed E-state index contributed by atoms with van der Waals surface area (Å²) in [6, 6.07) is 14.0. The third kappa shape index (κ3) is 4.78. The number of carbonyl (C=O) groups is 1. The van der Waals surface area contributed by atoms with Crippen LogP contribution in [-0.2, 0) is 10.2 Å². The number of aromatic nitrogens is 3. The molecular formula is C35H33Cl2N7O3. The zero-order valence-electron chi connectivity index (χ0n) is 25.6. The number of aliphatic hydroxyl groups is 1. The molecule has 1 amide bonds. The maximum Gasteiger partial charge on any atom is 0.233 e. The van der Waals surface area contributed by atoms with Gasteiger partial charge in [-0.3, -0.25) is 9.69 Å². The first-order chi connectivity index (χ1) is 22.7. The molecule has 2 aliphatic carbocycles. The summed E-state index contributed by atoms with van der Waals surface area (Å²) in [6.07, 6.45) is 8.73. The first-order valence-corrected chi connectivity index (χ1v) is 17.0. The molecule has 47 heavy (non-hydrogen) atoms. The Balaban J connectivity index is 0.903. The number of nitrogens with zero attached hydrogens (tertiary/aromatic N) is 7. The van der Waals surface area contributed by atoms with Crippen LogP contribution in [0.2, 0.25) is 10.0 Å². The molecule has 0 radical (unpaired) electrons. The fraction of sp³-hybridized carbons (Fsp3) is 0.429. The zero-order chi connectivity index (χ0) is 32.1. The van der Waals surface area contributed by atoms with E-state index in [1.165, 1.54) is 0 Å². The van der Waals surface area contributed by atoms with Gasteiger partial charge in [0.1, 0.15) is 24.2 Å². The number of benzene rings is 1. The Morgan fingerprint density at radius 1 is 1.11 bits per heavy atom. The van der Waals surface area contributed by atoms with Gasteiger partial charge in [-0.1, -0.05) is 29.3 Å². The van der Waals surface area contributed by atoms with Crippen LogP contribution in [0.4, 0.5) is 5.82 Å². The standard InChI is InChI=1S/C35H33Cl2N7O3/c36-24-2-3-29(30(37)9-24)34(5-6-34)33(45)44-25-10-26(44)18-42(17-25)31-4-1-21(14-39-31)28-11-27(19-43-32(28)22(13-38)15-40-43)47-8-7-41-16-23-12-35(23,46)20-41/h1-4,9,11,14-15,19,23,25-26,46H,5-8,10,12,16-18,20H2. The predicted octanol–water partition coefficient (Wildman–Crippen LogP) is 4.54. The molecule has 4 unspecified atom stereocenters. The molecule has 1 aromatic carbocycles. The number of hydrogen-bond acceptors (Lipinski definition) is 8. The topological polar surface area (TPSA) is 110 Å². The lowest BCUT2D eigenvalue weighted by molar-refractivity contribution is -0.149. The molecule has 10 rings (SSSR count). The minimum atomic E-state index is -0.531. The number of amides is 1. The summed E-state index contributed by atoms with van der Waals surface area (Å²) in [4.78, 5) is 25.3. The summed E-state index contributed by atoms with van der Waals surface area (Å²) in [5.41, 5.74) is 2.74. The maximum atomic E-state index is 13.9. The van der Waals surface area contributed by atoms with Gasteiger partial charge in [-0.2, -0.15) is 10.4 Å². The number of likely N-dealkylation sites (tertiary alicyclic amines) is 1. The van der Waals surface area contributed by atoms with Crippen LogP contribution in [0.3, 0.4) is 0 Å². The van der Waals surface area contributed by atoms with Crippen molar-refractivity contribution < 1.29 is 14.6 Å². The summed E-state index contributed by atoms with van der Waals surface area (Å²) in [5.74, 6) is 2.10. The van der Waals surface area contributed by atoms with E-state index in [4.69, 9.17) is 32.9 Å². The smallest absolute Gasteiger partial charge is 0.233 e. The maximum absolute atomic E-state index is 13.9. The van der Waals surface area contributed by atoms with Crippen LogP contribution in [0.25, 0.3) is 16.6 Å². The normalized spacial score (nSPS) is 26.9. The lowest BCUT2D eigenvalue weighted by atomic mass is 9.83. The van der Waals surface area contributed by atoms with E-state index in [-0.39, 0.29) is 18.0 Å². The van der Waals surface area contributed by atoms with Crippen molar-refractivity contribution in [1.29, 1.82) is 5.26 Å². The van der Waals surface area contributed by atoms with E-state index in [9.17, 15) is 15.2 Å². The van der Waals surface area contributed by atoms with Crippen LogP contribution < -0.4 is 9.64 Å². The van der Waals surface area contributed by atoms with E-state index in [1.54, 1.807) is 23.0 Å². The van der Waals surface area contributed by atoms with Crippen molar-refractivity contribution in [1.82, 2.24) is 24.4 Å². The highest BCUT2D eigenvalue weighted by Crippen LogP contribution is 2.54. The highest BCUT2D eigenvalue weighted by atomic mass is 35.5. The Morgan fingerprint density at radius 3 is 2.62 bits per heavy atom. The van der Waals surface area contributed by atoms with Crippen molar-refractivity contribution in [2.45, 2.75) is 48.8 Å². The Labute approximate surface area is 282 Å². The molecule has 4 atom stereocenters. The van der Waals surface area contributed by atoms with Gasteiger partial charge in [0.15, 0.2) is 0 Å². The molecular weight excluding hydrogens is 637 g/mol. The number of ether oxygens (including phenoxy) is 1. The van der Waals surface area contributed by atoms with Gasteiger partial charge in [-0.05, 0) is 61.6 Å². The molecule has 4 aromatic rings. The van der Waals surface area contributed by atoms with Crippen molar-refractivity contribution in [2.24, 2.45) is 5.92 Å². The van der Waals surface area contributed by atoms with E-state index in [2.05, 4.69) is 25.9 Å². The van der Waals surface area contributed by atoms with Crippen LogP contribution in [0.5, 0.6) is 5.75 Å². The molecule has 6 fully saturated rings. The van der Waals surface area contributed by atoms with Crippen molar-refractivity contribution in [3.8, 4) is 22.9 Å². The first kappa shape index (κ1) is 29.3. The van der Waals surface area contributed by atoms with Crippen molar-refractivity contribution >= 4 is 40.4 Å². The van der Waals surface area contributed by atoms with E-state index in [1.807, 2.05) is 36.5 Å². The largest absolute Gasteiger partial charge is 0.491 e. The summed E-state index contributed by atoms with van der Waals surface area (Å²) < 4.78 is 7.85. The van der Waals surface area contributed by atoms with Crippen LogP contribution in [0, 0.1) is 17.2 Å². The Morgan fingerprint density at radius 2 is 1.94 bits per heavy atom. The van der Waals surface area contributed by atoms with Gasteiger partial charge in [-0.25, -0.2) is 9.50 Å². The molecule has 7 heterocycles. The molecule has 2 bridgehead atoms. The van der Waals surface area contributed by atoms with Gasteiger partial charge in [-0.15, -0.1) is 0 Å². The van der Waals surface area contributed by atoms with E-state index in [0.717, 1.165) is 74.4 Å². The number of piperidine rings is 2. The second-order valence-electron chi connectivity index (χ2n) is 13.9. The molecule has 6 aliphatic rings. The zero-order valence-corrected chi connectivity index (χ0v) is 27.2. The SMILES string of the molecule is N#Cc1cnn2cc(OCCN3CC4CC4(O)C3)cc(-c3ccc(N4CC5CC(C4)N5C(=O)C4(c5ccc(Cl)cc5Cl)CC4)nc3)c12. The van der Waals surface area contributed by atoms with Crippen molar-refractivity contribution in [3.05, 3.63) is 76.2 Å². The second-order valence-corrected chi connectivity index (χ2v) is 14.8. The number of anilines is 1. The summed E-state index contributed by atoms with van der Waals surface area (Å²) in [7, 11) is 0. The highest BCUT2D eigenvalue weighted by molar-refractivity contribution is 6.35. The predicted molar refractivity (Wildman–Crippen MR) is 177 cm³/mol.